The zero-order valence-corrected chi connectivity index (χ0v) is 55.6. The molecule has 2 aliphatic rings. The van der Waals surface area contributed by atoms with Crippen LogP contribution in [0.25, 0.3) is 87.3 Å². The summed E-state index contributed by atoms with van der Waals surface area (Å²) in [7, 11) is 0. The average molecular weight is 1200 g/mol. The SMILES string of the molecule is CCC(C)(C)c1ccccc1-n1c2ccccc2c2cccc(N(c3cccc4c3CCCC4)c3cc(C(C)C)c4ccc5c(N(c6cccc7c6CCCC7)c6cccc7c8ccccc8n(-c8ccccc8C(C)(C)CC)c67)cc(C(C)C)c6ccc3c4c65)c21. The van der Waals surface area contributed by atoms with E-state index in [1.165, 1.54) is 192 Å². The highest BCUT2D eigenvalue weighted by Gasteiger charge is 2.34. The van der Waals surface area contributed by atoms with E-state index in [9.17, 15) is 0 Å². The van der Waals surface area contributed by atoms with E-state index in [1.54, 1.807) is 0 Å². The minimum absolute atomic E-state index is 0.0645. The molecular formula is C88H86N4. The summed E-state index contributed by atoms with van der Waals surface area (Å²) in [6, 6.07) is 80.8. The molecule has 92 heavy (non-hydrogen) atoms. The fourth-order valence-electron chi connectivity index (χ4n) is 16.8. The number of aromatic nitrogens is 2. The average Bonchev–Trinajstić information content (AvgIpc) is 1.04. The number of aryl methyl sites for hydroxylation is 2. The summed E-state index contributed by atoms with van der Waals surface area (Å²) in [4.78, 5) is 5.49. The topological polar surface area (TPSA) is 16.3 Å². The van der Waals surface area contributed by atoms with Crippen molar-refractivity contribution in [1.29, 1.82) is 0 Å². The molecule has 2 heterocycles. The number of nitrogens with zero attached hydrogens (tertiary/aromatic N) is 4. The van der Waals surface area contributed by atoms with Gasteiger partial charge < -0.3 is 18.9 Å². The van der Waals surface area contributed by atoms with E-state index in [0.717, 1.165) is 38.5 Å². The summed E-state index contributed by atoms with van der Waals surface area (Å²) < 4.78 is 5.27. The molecule has 0 spiro atoms. The van der Waals surface area contributed by atoms with Gasteiger partial charge in [0.2, 0.25) is 0 Å². The minimum Gasteiger partial charge on any atom is -0.307 e. The Morgan fingerprint density at radius 3 is 1.13 bits per heavy atom. The van der Waals surface area contributed by atoms with E-state index in [0.29, 0.717) is 0 Å². The van der Waals surface area contributed by atoms with Crippen molar-refractivity contribution in [1.82, 2.24) is 9.13 Å². The van der Waals surface area contributed by atoms with E-state index in [4.69, 9.17) is 0 Å². The highest BCUT2D eigenvalue weighted by molar-refractivity contribution is 6.30. The number of benzene rings is 12. The standard InChI is InChI=1S/C88H86N4/c1-11-87(7,8)71-39-19-23-43-77(71)91-75-41-21-17-35-61(75)65-37-27-47-79(85(65)91)89(73-45-25-31-57-29-13-15-33-59(57)73)81-53-69(55(3)4)63-50-52-68-82(54-70(56(5)6)64-49-51-67(81)83(63)84(64)68)90(74-46-26-32-58-30-14-16-34-60(58)74)80-48-28-38-66-62-36-18-22-42-76(62)92(86(66)80)78-44-24-20-40-72(78)88(9,10)12-2/h17-28,31-32,35-56H,11-16,29-30,33-34H2,1-10H3. The smallest absolute Gasteiger partial charge is 0.0782 e. The largest absolute Gasteiger partial charge is 0.307 e. The second-order valence-electron chi connectivity index (χ2n) is 28.8. The molecule has 4 nitrogen and oxygen atoms in total. The van der Waals surface area contributed by atoms with Gasteiger partial charge in [-0.3, -0.25) is 0 Å². The van der Waals surface area contributed by atoms with Crippen molar-refractivity contribution in [2.45, 2.75) is 156 Å². The highest BCUT2D eigenvalue weighted by atomic mass is 15.2. The van der Waals surface area contributed by atoms with E-state index in [2.05, 4.69) is 294 Å². The molecule has 0 amide bonds. The minimum atomic E-state index is -0.0645. The molecule has 0 aliphatic heterocycles. The lowest BCUT2D eigenvalue weighted by Gasteiger charge is -2.35. The number of anilines is 6. The molecular weight excluding hydrogens is 1110 g/mol. The predicted molar refractivity (Wildman–Crippen MR) is 396 cm³/mol. The number of hydrogen-bond acceptors (Lipinski definition) is 2. The molecule has 0 saturated heterocycles. The van der Waals surface area contributed by atoms with Crippen molar-refractivity contribution in [2.24, 2.45) is 0 Å². The lowest BCUT2D eigenvalue weighted by molar-refractivity contribution is 0.504. The van der Waals surface area contributed by atoms with Crippen LogP contribution in [0.15, 0.2) is 206 Å². The molecule has 0 radical (unpaired) electrons. The maximum atomic E-state index is 2.75. The Balaban J connectivity index is 1.05. The zero-order valence-electron chi connectivity index (χ0n) is 55.6. The van der Waals surface area contributed by atoms with Crippen molar-refractivity contribution in [3.8, 4) is 11.4 Å². The molecule has 0 unspecified atom stereocenters. The third-order valence-electron chi connectivity index (χ3n) is 22.2. The number of para-hydroxylation sites is 6. The third-order valence-corrected chi connectivity index (χ3v) is 22.2. The van der Waals surface area contributed by atoms with Crippen LogP contribution in [0.4, 0.5) is 34.1 Å². The monoisotopic (exact) mass is 1200 g/mol. The van der Waals surface area contributed by atoms with E-state index in [1.807, 2.05) is 0 Å². The van der Waals surface area contributed by atoms with Crippen molar-refractivity contribution < 1.29 is 0 Å². The summed E-state index contributed by atoms with van der Waals surface area (Å²) >= 11 is 0. The van der Waals surface area contributed by atoms with Crippen LogP contribution in [0.3, 0.4) is 0 Å². The maximum Gasteiger partial charge on any atom is 0.0782 e. The normalized spacial score (nSPS) is 13.9. The molecule has 0 fully saturated rings. The Bertz CT molecular complexity index is 4910. The van der Waals surface area contributed by atoms with Crippen LogP contribution in [0.2, 0.25) is 0 Å². The van der Waals surface area contributed by atoms with Crippen LogP contribution < -0.4 is 9.80 Å². The first-order chi connectivity index (χ1) is 44.8. The van der Waals surface area contributed by atoms with Gasteiger partial charge in [-0.2, -0.15) is 0 Å². The van der Waals surface area contributed by atoms with Gasteiger partial charge in [0.1, 0.15) is 0 Å². The van der Waals surface area contributed by atoms with Crippen molar-refractivity contribution in [2.75, 3.05) is 9.80 Å². The maximum absolute atomic E-state index is 2.75. The Morgan fingerprint density at radius 1 is 0.348 bits per heavy atom. The Morgan fingerprint density at radius 2 is 0.707 bits per heavy atom. The molecule has 2 aliphatic carbocycles. The van der Waals surface area contributed by atoms with E-state index < -0.39 is 0 Å². The van der Waals surface area contributed by atoms with Crippen molar-refractivity contribution >= 4 is 110 Å². The molecule has 0 N–H and O–H groups in total. The van der Waals surface area contributed by atoms with Crippen LogP contribution in [0.1, 0.15) is 164 Å². The van der Waals surface area contributed by atoms with Gasteiger partial charge in [-0.15, -0.1) is 0 Å². The molecule has 14 aromatic rings. The first-order valence-corrected chi connectivity index (χ1v) is 34.6. The molecule has 2 aromatic heterocycles. The Labute approximate surface area is 544 Å². The summed E-state index contributed by atoms with van der Waals surface area (Å²) in [5.41, 5.74) is 26.1. The van der Waals surface area contributed by atoms with Crippen LogP contribution in [0, 0.1) is 0 Å². The van der Waals surface area contributed by atoms with Gasteiger partial charge in [0.25, 0.3) is 0 Å². The summed E-state index contributed by atoms with van der Waals surface area (Å²) in [5, 5.41) is 13.0. The lowest BCUT2D eigenvalue weighted by atomic mass is 9.81. The van der Waals surface area contributed by atoms with Gasteiger partial charge in [-0.1, -0.05) is 215 Å². The lowest BCUT2D eigenvalue weighted by Crippen LogP contribution is -2.20. The van der Waals surface area contributed by atoms with Crippen molar-refractivity contribution in [3.63, 3.8) is 0 Å². The molecule has 0 saturated carbocycles. The molecule has 4 heteroatoms. The molecule has 0 bridgehead atoms. The van der Waals surface area contributed by atoms with E-state index >= 15 is 0 Å². The first kappa shape index (κ1) is 58.0. The number of rotatable bonds is 14. The van der Waals surface area contributed by atoms with Gasteiger partial charge >= 0.3 is 0 Å². The highest BCUT2D eigenvalue weighted by Crippen LogP contribution is 2.55. The summed E-state index contributed by atoms with van der Waals surface area (Å²) in [6.45, 7) is 24.0. The molecule has 16 rings (SSSR count). The van der Waals surface area contributed by atoms with Crippen LogP contribution in [0.5, 0.6) is 0 Å². The summed E-state index contributed by atoms with van der Waals surface area (Å²) in [5.74, 6) is 0.457. The van der Waals surface area contributed by atoms with Crippen LogP contribution in [-0.2, 0) is 36.5 Å². The first-order valence-electron chi connectivity index (χ1n) is 34.6. The molecule has 12 aromatic carbocycles. The van der Waals surface area contributed by atoms with Gasteiger partial charge in [0.15, 0.2) is 0 Å². The second-order valence-corrected chi connectivity index (χ2v) is 28.8. The molecule has 0 atom stereocenters. The number of hydrogen-bond donors (Lipinski definition) is 0. The van der Waals surface area contributed by atoms with E-state index in [-0.39, 0.29) is 22.7 Å². The fraction of sp³-hybridized carbons (Fsp3) is 0.273. The Hall–Kier alpha value is -9.12. The predicted octanol–water partition coefficient (Wildman–Crippen LogP) is 25.1. The molecule has 458 valence electrons. The van der Waals surface area contributed by atoms with Gasteiger partial charge in [-0.05, 0) is 214 Å². The van der Waals surface area contributed by atoms with Crippen molar-refractivity contribution in [3.05, 3.63) is 251 Å². The summed E-state index contributed by atoms with van der Waals surface area (Å²) in [6.07, 6.45) is 11.1. The Kier molecular flexibility index (Phi) is 14.1. The van der Waals surface area contributed by atoms with Crippen LogP contribution in [-0.4, -0.2) is 9.13 Å². The van der Waals surface area contributed by atoms with Gasteiger partial charge in [0.05, 0.1) is 44.8 Å². The third kappa shape index (κ3) is 8.89. The van der Waals surface area contributed by atoms with Crippen LogP contribution >= 0.6 is 0 Å². The van der Waals surface area contributed by atoms with Gasteiger partial charge in [-0.25, -0.2) is 0 Å². The second kappa shape index (κ2) is 22.3. The zero-order chi connectivity index (χ0) is 62.9. The van der Waals surface area contributed by atoms with Gasteiger partial charge in [0, 0.05) is 55.1 Å². The number of fused-ring (bicyclic) bond motifs is 8. The quantitative estimate of drug-likeness (QED) is 0.101. The fourth-order valence-corrected chi connectivity index (χ4v) is 16.8.